The number of ether oxygens (including phenoxy) is 1. The molecule has 88 valence electrons. The van der Waals surface area contributed by atoms with Crippen molar-refractivity contribution >= 4 is 5.97 Å². The number of aryl methyl sites for hydroxylation is 2. The van der Waals surface area contributed by atoms with Crippen LogP contribution in [0.5, 0.6) is 0 Å². The number of hydrogen-bond donors (Lipinski definition) is 0. The maximum atomic E-state index is 13.4. The summed E-state index contributed by atoms with van der Waals surface area (Å²) >= 11 is 0. The van der Waals surface area contributed by atoms with Crippen molar-refractivity contribution in [2.24, 2.45) is 0 Å². The number of esters is 1. The lowest BCUT2D eigenvalue weighted by atomic mass is 9.97. The van der Waals surface area contributed by atoms with E-state index in [2.05, 4.69) is 0 Å². The smallest absolute Gasteiger partial charge is 0.338 e. The molecule has 0 bridgehead atoms. The molecule has 0 amide bonds. The van der Waals surface area contributed by atoms with Crippen LogP contribution < -0.4 is 0 Å². The summed E-state index contributed by atoms with van der Waals surface area (Å²) in [7, 11) is 0. The molecule has 0 radical (unpaired) electrons. The maximum absolute atomic E-state index is 13.4. The molecule has 0 aliphatic rings. The van der Waals surface area contributed by atoms with Gasteiger partial charge in [0, 0.05) is 5.56 Å². The molecule has 0 unspecified atom stereocenters. The van der Waals surface area contributed by atoms with Gasteiger partial charge in [-0.25, -0.2) is 9.18 Å². The van der Waals surface area contributed by atoms with Crippen LogP contribution in [-0.2, 0) is 4.74 Å². The molecule has 0 aliphatic carbocycles. The predicted octanol–water partition coefficient (Wildman–Crippen LogP) is 3.51. The van der Waals surface area contributed by atoms with Gasteiger partial charge >= 0.3 is 5.97 Å². The Morgan fingerprint density at radius 2 is 1.94 bits per heavy atom. The number of rotatable bonds is 3. The Hall–Kier alpha value is -1.38. The third-order valence-corrected chi connectivity index (χ3v) is 2.59. The van der Waals surface area contributed by atoms with Crippen molar-refractivity contribution in [2.75, 3.05) is 6.61 Å². The van der Waals surface area contributed by atoms with E-state index >= 15 is 0 Å². The van der Waals surface area contributed by atoms with Crippen molar-refractivity contribution in [3.05, 3.63) is 34.4 Å². The van der Waals surface area contributed by atoms with Crippen LogP contribution in [0, 0.1) is 13.8 Å². The van der Waals surface area contributed by atoms with Gasteiger partial charge in [-0.2, -0.15) is 0 Å². The SMILES string of the molecule is CCOC(=O)c1cc(C)c(C)cc1[C@@H](C)F. The van der Waals surface area contributed by atoms with Crippen molar-refractivity contribution in [3.63, 3.8) is 0 Å². The van der Waals surface area contributed by atoms with E-state index in [1.807, 2.05) is 13.8 Å². The van der Waals surface area contributed by atoms with Gasteiger partial charge in [0.15, 0.2) is 0 Å². The van der Waals surface area contributed by atoms with Crippen LogP contribution in [0.3, 0.4) is 0 Å². The summed E-state index contributed by atoms with van der Waals surface area (Å²) in [6.45, 7) is 7.25. The zero-order chi connectivity index (χ0) is 12.3. The topological polar surface area (TPSA) is 26.3 Å². The fourth-order valence-corrected chi connectivity index (χ4v) is 1.55. The zero-order valence-electron chi connectivity index (χ0n) is 10.1. The monoisotopic (exact) mass is 224 g/mol. The first-order chi connectivity index (χ1) is 7.47. The second-order valence-electron chi connectivity index (χ2n) is 3.86. The molecule has 0 heterocycles. The molecule has 3 heteroatoms. The Morgan fingerprint density at radius 1 is 1.38 bits per heavy atom. The van der Waals surface area contributed by atoms with Gasteiger partial charge in [-0.05, 0) is 44.9 Å². The second-order valence-corrected chi connectivity index (χ2v) is 3.86. The van der Waals surface area contributed by atoms with Gasteiger partial charge in [0.2, 0.25) is 0 Å². The summed E-state index contributed by atoms with van der Waals surface area (Å²) in [5.74, 6) is -0.454. The van der Waals surface area contributed by atoms with Gasteiger partial charge in [0.05, 0.1) is 12.2 Å². The molecule has 0 aromatic heterocycles. The van der Waals surface area contributed by atoms with Gasteiger partial charge in [-0.1, -0.05) is 6.07 Å². The first-order valence-corrected chi connectivity index (χ1v) is 5.39. The predicted molar refractivity (Wildman–Crippen MR) is 61.4 cm³/mol. The Labute approximate surface area is 95.4 Å². The molecule has 0 N–H and O–H groups in total. The van der Waals surface area contributed by atoms with E-state index < -0.39 is 12.1 Å². The second kappa shape index (κ2) is 5.10. The van der Waals surface area contributed by atoms with E-state index in [4.69, 9.17) is 4.74 Å². The number of alkyl halides is 1. The number of hydrogen-bond acceptors (Lipinski definition) is 2. The van der Waals surface area contributed by atoms with Crippen LogP contribution in [0.2, 0.25) is 0 Å². The largest absolute Gasteiger partial charge is 0.462 e. The third-order valence-electron chi connectivity index (χ3n) is 2.59. The lowest BCUT2D eigenvalue weighted by Gasteiger charge is -2.12. The fraction of sp³-hybridized carbons (Fsp3) is 0.462. The number of benzene rings is 1. The summed E-state index contributed by atoms with van der Waals surface area (Å²) in [6.07, 6.45) is -1.17. The molecule has 2 nitrogen and oxygen atoms in total. The van der Waals surface area contributed by atoms with Crippen molar-refractivity contribution < 1.29 is 13.9 Å². The average molecular weight is 224 g/mol. The van der Waals surface area contributed by atoms with E-state index in [1.54, 1.807) is 19.1 Å². The van der Waals surface area contributed by atoms with Crippen molar-refractivity contribution in [1.29, 1.82) is 0 Å². The average Bonchev–Trinajstić information content (AvgIpc) is 2.21. The third kappa shape index (κ3) is 2.60. The van der Waals surface area contributed by atoms with Crippen LogP contribution in [0.4, 0.5) is 4.39 Å². The van der Waals surface area contributed by atoms with Crippen LogP contribution in [-0.4, -0.2) is 12.6 Å². The van der Waals surface area contributed by atoms with Crippen LogP contribution >= 0.6 is 0 Å². The van der Waals surface area contributed by atoms with E-state index in [-0.39, 0.29) is 0 Å². The zero-order valence-corrected chi connectivity index (χ0v) is 10.1. The van der Waals surface area contributed by atoms with Crippen LogP contribution in [0.25, 0.3) is 0 Å². The van der Waals surface area contributed by atoms with Crippen LogP contribution in [0.1, 0.15) is 47.1 Å². The summed E-state index contributed by atoms with van der Waals surface area (Å²) in [6, 6.07) is 3.41. The lowest BCUT2D eigenvalue weighted by Crippen LogP contribution is -2.09. The highest BCUT2D eigenvalue weighted by molar-refractivity contribution is 5.91. The number of carbonyl (C=O) groups excluding carboxylic acids is 1. The minimum atomic E-state index is -1.17. The van der Waals surface area contributed by atoms with Gasteiger partial charge in [0.25, 0.3) is 0 Å². The highest BCUT2D eigenvalue weighted by atomic mass is 19.1. The Kier molecular flexibility index (Phi) is 4.05. The Bertz CT molecular complexity index is 397. The van der Waals surface area contributed by atoms with Crippen molar-refractivity contribution in [3.8, 4) is 0 Å². The van der Waals surface area contributed by atoms with E-state index in [1.165, 1.54) is 6.92 Å². The van der Waals surface area contributed by atoms with Gasteiger partial charge in [-0.3, -0.25) is 0 Å². The maximum Gasteiger partial charge on any atom is 0.338 e. The number of halogens is 1. The highest BCUT2D eigenvalue weighted by Crippen LogP contribution is 2.25. The summed E-state index contributed by atoms with van der Waals surface area (Å²) < 4.78 is 18.3. The molecule has 0 saturated heterocycles. The van der Waals surface area contributed by atoms with Gasteiger partial charge < -0.3 is 4.74 Å². The standard InChI is InChI=1S/C13H17FO2/c1-5-16-13(15)12-7-9(3)8(2)6-11(12)10(4)14/h6-7,10H,5H2,1-4H3/t10-/m1/s1. The van der Waals surface area contributed by atoms with Crippen molar-refractivity contribution in [1.82, 2.24) is 0 Å². The van der Waals surface area contributed by atoms with Crippen LogP contribution in [0.15, 0.2) is 12.1 Å². The van der Waals surface area contributed by atoms with Gasteiger partial charge in [0.1, 0.15) is 6.17 Å². The fourth-order valence-electron chi connectivity index (χ4n) is 1.55. The summed E-state index contributed by atoms with van der Waals surface area (Å²) in [5.41, 5.74) is 2.68. The molecule has 0 fully saturated rings. The first-order valence-electron chi connectivity index (χ1n) is 5.39. The quantitative estimate of drug-likeness (QED) is 0.734. The number of carbonyl (C=O) groups is 1. The molecule has 0 spiro atoms. The molecule has 0 aliphatic heterocycles. The highest BCUT2D eigenvalue weighted by Gasteiger charge is 2.17. The van der Waals surface area contributed by atoms with E-state index in [0.717, 1.165) is 11.1 Å². The molecule has 1 aromatic rings. The van der Waals surface area contributed by atoms with Crippen molar-refractivity contribution in [2.45, 2.75) is 33.9 Å². The van der Waals surface area contributed by atoms with E-state index in [9.17, 15) is 9.18 Å². The first kappa shape index (κ1) is 12.7. The minimum absolute atomic E-state index is 0.297. The molecule has 0 saturated carbocycles. The molecular weight excluding hydrogens is 207 g/mol. The molecule has 1 aromatic carbocycles. The molecule has 1 atom stereocenters. The lowest BCUT2D eigenvalue weighted by molar-refractivity contribution is 0.0523. The molecular formula is C13H17FO2. The Balaban J connectivity index is 3.24. The summed E-state index contributed by atoms with van der Waals surface area (Å²) in [4.78, 5) is 11.6. The summed E-state index contributed by atoms with van der Waals surface area (Å²) in [5, 5.41) is 0. The molecule has 1 rings (SSSR count). The normalized spacial score (nSPS) is 12.3. The molecule has 16 heavy (non-hydrogen) atoms. The Morgan fingerprint density at radius 3 is 2.44 bits per heavy atom. The van der Waals surface area contributed by atoms with E-state index in [0.29, 0.717) is 17.7 Å². The minimum Gasteiger partial charge on any atom is -0.462 e. The van der Waals surface area contributed by atoms with Gasteiger partial charge in [-0.15, -0.1) is 0 Å².